The second-order valence-corrected chi connectivity index (χ2v) is 11.9. The molecule has 6 atom stereocenters. The molecule has 2 aromatic carbocycles. The summed E-state index contributed by atoms with van der Waals surface area (Å²) in [6.07, 6.45) is -5.18. The molecule has 1 aromatic heterocycles. The average molecular weight is 647 g/mol. The summed E-state index contributed by atoms with van der Waals surface area (Å²) < 4.78 is 17.3. The number of nitrogens with one attached hydrogen (secondary N) is 1. The summed E-state index contributed by atoms with van der Waals surface area (Å²) in [5, 5.41) is 51.0. The van der Waals surface area contributed by atoms with Gasteiger partial charge in [0.15, 0.2) is 17.9 Å². The molecular formula is C30H31ClN2O10S. The number of amides is 1. The van der Waals surface area contributed by atoms with Crippen LogP contribution in [-0.4, -0.2) is 74.8 Å². The number of anilines is 1. The number of rotatable bonds is 5. The van der Waals surface area contributed by atoms with Crippen LogP contribution in [0.4, 0.5) is 10.5 Å². The summed E-state index contributed by atoms with van der Waals surface area (Å²) >= 11 is 1.37. The SMILES string of the molecule is C[C@@H]1O[C@@H](O[C@H]2C[C@](O)(COC(=O)Nc3ccsc3)Cc3c(O)c4c(c(O)c32)C(=O)c2ccccc2C4=O)C[C@H](N)[C@H]1O.Cl. The summed E-state index contributed by atoms with van der Waals surface area (Å²) in [4.78, 5) is 39.5. The van der Waals surface area contributed by atoms with Crippen molar-refractivity contribution in [2.24, 2.45) is 5.73 Å². The Kier molecular flexibility index (Phi) is 8.75. The topological polar surface area (TPSA) is 198 Å². The van der Waals surface area contributed by atoms with Gasteiger partial charge in [-0.05, 0) is 18.4 Å². The fraction of sp³-hybridized carbons (Fsp3) is 0.367. The molecule has 2 heterocycles. The van der Waals surface area contributed by atoms with Crippen molar-refractivity contribution < 1.29 is 49.0 Å². The summed E-state index contributed by atoms with van der Waals surface area (Å²) in [5.41, 5.74) is 4.12. The molecule has 2 aliphatic carbocycles. The van der Waals surface area contributed by atoms with Crippen molar-refractivity contribution in [1.82, 2.24) is 0 Å². The summed E-state index contributed by atoms with van der Waals surface area (Å²) in [5.74, 6) is -2.47. The second kappa shape index (κ2) is 12.1. The van der Waals surface area contributed by atoms with Gasteiger partial charge in [-0.2, -0.15) is 11.3 Å². The number of thiophene rings is 1. The third-order valence-electron chi connectivity index (χ3n) is 8.16. The van der Waals surface area contributed by atoms with Crippen molar-refractivity contribution in [3.8, 4) is 11.5 Å². The predicted octanol–water partition coefficient (Wildman–Crippen LogP) is 3.16. The number of carbonyl (C=O) groups excluding carboxylic acids is 3. The number of phenols is 2. The van der Waals surface area contributed by atoms with Crippen LogP contribution in [0.1, 0.15) is 68.8 Å². The highest BCUT2D eigenvalue weighted by Gasteiger charge is 2.48. The molecule has 0 unspecified atom stereocenters. The van der Waals surface area contributed by atoms with E-state index in [4.69, 9.17) is 19.9 Å². The molecule has 14 heteroatoms. The van der Waals surface area contributed by atoms with Crippen molar-refractivity contribution in [1.29, 1.82) is 0 Å². The van der Waals surface area contributed by atoms with Gasteiger partial charge >= 0.3 is 6.09 Å². The minimum Gasteiger partial charge on any atom is -0.507 e. The van der Waals surface area contributed by atoms with Crippen LogP contribution in [0.3, 0.4) is 0 Å². The maximum absolute atomic E-state index is 13.5. The van der Waals surface area contributed by atoms with Crippen molar-refractivity contribution in [2.75, 3.05) is 11.9 Å². The lowest BCUT2D eigenvalue weighted by Gasteiger charge is -2.42. The van der Waals surface area contributed by atoms with Crippen LogP contribution in [-0.2, 0) is 20.6 Å². The van der Waals surface area contributed by atoms with Gasteiger partial charge in [-0.25, -0.2) is 4.79 Å². The summed E-state index contributed by atoms with van der Waals surface area (Å²) in [7, 11) is 0. The normalized spacial score (nSPS) is 27.4. The first-order valence-electron chi connectivity index (χ1n) is 13.7. The zero-order chi connectivity index (χ0) is 30.6. The highest BCUT2D eigenvalue weighted by molar-refractivity contribution is 7.08. The molecule has 1 aliphatic heterocycles. The van der Waals surface area contributed by atoms with Gasteiger partial charge in [0.2, 0.25) is 0 Å². The average Bonchev–Trinajstić information content (AvgIpc) is 3.48. The maximum Gasteiger partial charge on any atom is 0.411 e. The first-order valence-corrected chi connectivity index (χ1v) is 14.6. The minimum absolute atomic E-state index is 0. The number of benzene rings is 2. The van der Waals surface area contributed by atoms with Gasteiger partial charge < -0.3 is 40.4 Å². The van der Waals surface area contributed by atoms with Crippen molar-refractivity contribution in [2.45, 2.75) is 62.4 Å². The van der Waals surface area contributed by atoms with E-state index in [0.29, 0.717) is 5.69 Å². The van der Waals surface area contributed by atoms with E-state index in [9.17, 15) is 34.8 Å². The minimum atomic E-state index is -1.83. The molecule has 1 fully saturated rings. The standard InChI is InChI=1S/C30H30N2O10S.ClH/c1-13-24(33)18(31)8-20(41-13)42-19-10-30(39,12-40-29(38)32-14-6-7-43-11-14)9-17-21(19)28(37)23-22(27(17)36)25(34)15-4-2-3-5-16(15)26(23)35;/h2-7,11,13,18-20,24,33,36-37,39H,8-10,12,31H2,1H3,(H,32,38);1H/t13-,18-,19-,20-,24-,30-;/m0./s1. The highest BCUT2D eigenvalue weighted by atomic mass is 35.5. The van der Waals surface area contributed by atoms with Crippen molar-refractivity contribution in [3.05, 3.63) is 74.5 Å². The number of fused-ring (bicyclic) bond motifs is 3. The van der Waals surface area contributed by atoms with Gasteiger partial charge in [-0.1, -0.05) is 24.3 Å². The quantitative estimate of drug-likeness (QED) is 0.174. The van der Waals surface area contributed by atoms with Crippen LogP contribution in [0, 0.1) is 0 Å². The predicted molar refractivity (Wildman–Crippen MR) is 160 cm³/mol. The van der Waals surface area contributed by atoms with E-state index in [-0.39, 0.29) is 65.1 Å². The van der Waals surface area contributed by atoms with Crippen LogP contribution >= 0.6 is 23.7 Å². The molecule has 7 N–H and O–H groups in total. The number of halogens is 1. The maximum atomic E-state index is 13.5. The Morgan fingerprint density at radius 2 is 1.80 bits per heavy atom. The van der Waals surface area contributed by atoms with E-state index < -0.39 is 72.0 Å². The molecule has 12 nitrogen and oxygen atoms in total. The fourth-order valence-electron chi connectivity index (χ4n) is 6.03. The molecule has 3 aromatic rings. The van der Waals surface area contributed by atoms with Crippen LogP contribution in [0.15, 0.2) is 41.1 Å². The van der Waals surface area contributed by atoms with Gasteiger partial charge in [0.05, 0.1) is 35.1 Å². The number of aromatic hydroxyl groups is 2. The Labute approximate surface area is 261 Å². The van der Waals surface area contributed by atoms with E-state index in [0.717, 1.165) is 0 Å². The zero-order valence-electron chi connectivity index (χ0n) is 23.4. The number of aliphatic hydroxyl groups excluding tert-OH is 1. The lowest BCUT2D eigenvalue weighted by atomic mass is 9.73. The van der Waals surface area contributed by atoms with Gasteiger partial charge in [-0.3, -0.25) is 14.9 Å². The molecule has 1 saturated heterocycles. The number of phenolic OH excluding ortho intramolecular Hbond substituents is 2. The summed E-state index contributed by atoms with van der Waals surface area (Å²) in [6, 6.07) is 7.07. The molecular weight excluding hydrogens is 616 g/mol. The first-order chi connectivity index (χ1) is 20.5. The van der Waals surface area contributed by atoms with Crippen LogP contribution < -0.4 is 11.1 Å². The van der Waals surface area contributed by atoms with Gasteiger partial charge in [0.1, 0.15) is 23.7 Å². The van der Waals surface area contributed by atoms with Gasteiger partial charge in [0, 0.05) is 52.9 Å². The monoisotopic (exact) mass is 646 g/mol. The second-order valence-electron chi connectivity index (χ2n) is 11.1. The lowest BCUT2D eigenvalue weighted by Crippen LogP contribution is -2.52. The number of ether oxygens (including phenoxy) is 3. The Balaban J connectivity index is 0.00000384. The van der Waals surface area contributed by atoms with Gasteiger partial charge in [-0.15, -0.1) is 12.4 Å². The fourth-order valence-corrected chi connectivity index (χ4v) is 6.62. The van der Waals surface area contributed by atoms with E-state index in [1.807, 2.05) is 0 Å². The highest BCUT2D eigenvalue weighted by Crippen LogP contribution is 2.51. The Bertz CT molecular complexity index is 1600. The van der Waals surface area contributed by atoms with E-state index in [1.54, 1.807) is 35.9 Å². The van der Waals surface area contributed by atoms with Crippen molar-refractivity contribution >= 4 is 47.1 Å². The van der Waals surface area contributed by atoms with Crippen LogP contribution in [0.5, 0.6) is 11.5 Å². The molecule has 1 amide bonds. The Morgan fingerprint density at radius 3 is 2.41 bits per heavy atom. The third-order valence-corrected chi connectivity index (χ3v) is 8.84. The van der Waals surface area contributed by atoms with Crippen LogP contribution in [0.25, 0.3) is 0 Å². The molecule has 0 radical (unpaired) electrons. The molecule has 3 aliphatic rings. The zero-order valence-corrected chi connectivity index (χ0v) is 25.0. The van der Waals surface area contributed by atoms with E-state index in [2.05, 4.69) is 5.32 Å². The number of carbonyl (C=O) groups is 3. The molecule has 0 bridgehead atoms. The third kappa shape index (κ3) is 5.56. The molecule has 0 saturated carbocycles. The van der Waals surface area contributed by atoms with Gasteiger partial charge in [0.25, 0.3) is 0 Å². The van der Waals surface area contributed by atoms with Crippen molar-refractivity contribution in [3.63, 3.8) is 0 Å². The first kappa shape index (κ1) is 31.9. The smallest absolute Gasteiger partial charge is 0.411 e. The molecule has 44 heavy (non-hydrogen) atoms. The number of aliphatic hydroxyl groups is 2. The molecule has 234 valence electrons. The number of nitrogens with two attached hydrogens (primary N) is 1. The van der Waals surface area contributed by atoms with Crippen LogP contribution in [0.2, 0.25) is 0 Å². The molecule has 0 spiro atoms. The number of hydrogen-bond acceptors (Lipinski definition) is 12. The Hall–Kier alpha value is -3.56. The lowest BCUT2D eigenvalue weighted by molar-refractivity contribution is -0.248. The summed E-state index contributed by atoms with van der Waals surface area (Å²) in [6.45, 7) is 1.09. The molecule has 6 rings (SSSR count). The largest absolute Gasteiger partial charge is 0.507 e. The van der Waals surface area contributed by atoms with E-state index in [1.165, 1.54) is 23.5 Å². The number of hydrogen-bond donors (Lipinski definition) is 6. The number of ketones is 2. The van der Waals surface area contributed by atoms with E-state index >= 15 is 0 Å². The Morgan fingerprint density at radius 1 is 1.14 bits per heavy atom.